The van der Waals surface area contributed by atoms with Crippen LogP contribution in [0.5, 0.6) is 17.2 Å². The Morgan fingerprint density at radius 1 is 1.11 bits per heavy atom. The molecule has 0 bridgehead atoms. The lowest BCUT2D eigenvalue weighted by molar-refractivity contribution is -0.143. The van der Waals surface area contributed by atoms with Gasteiger partial charge in [0.05, 0.1) is 19.6 Å². The van der Waals surface area contributed by atoms with E-state index in [-0.39, 0.29) is 31.8 Å². The largest absolute Gasteiger partial charge is 0.496 e. The van der Waals surface area contributed by atoms with Crippen LogP contribution in [0.2, 0.25) is 0 Å². The van der Waals surface area contributed by atoms with E-state index in [4.69, 9.17) is 14.2 Å². The maximum atomic E-state index is 13.5. The first-order valence-corrected chi connectivity index (χ1v) is 13.3. The molecule has 2 aromatic rings. The van der Waals surface area contributed by atoms with E-state index in [1.54, 1.807) is 12.0 Å². The fraction of sp³-hybridized carbons (Fsp3) is 0.517. The summed E-state index contributed by atoms with van der Waals surface area (Å²) >= 11 is 0. The van der Waals surface area contributed by atoms with Gasteiger partial charge in [-0.3, -0.25) is 14.5 Å². The third kappa shape index (κ3) is 6.22. The van der Waals surface area contributed by atoms with Crippen LogP contribution in [0.15, 0.2) is 42.5 Å². The molecule has 2 heterocycles. The highest BCUT2D eigenvalue weighted by Gasteiger charge is 2.47. The second-order valence-corrected chi connectivity index (χ2v) is 9.91. The Labute approximate surface area is 223 Å². The average Bonchev–Trinajstić information content (AvgIpc) is 3.53. The van der Waals surface area contributed by atoms with Crippen molar-refractivity contribution in [1.82, 2.24) is 9.80 Å². The number of aliphatic carboxylic acids is 1. The summed E-state index contributed by atoms with van der Waals surface area (Å²) < 4.78 is 16.6. The molecule has 0 saturated carbocycles. The molecule has 9 heteroatoms. The molecule has 1 amide bonds. The minimum absolute atomic E-state index is 0.0172. The van der Waals surface area contributed by atoms with Crippen LogP contribution >= 0.6 is 0 Å². The van der Waals surface area contributed by atoms with E-state index < -0.39 is 17.9 Å². The van der Waals surface area contributed by atoms with Crippen molar-refractivity contribution in [2.24, 2.45) is 5.92 Å². The second kappa shape index (κ2) is 13.0. The first-order valence-electron chi connectivity index (χ1n) is 13.3. The zero-order chi connectivity index (χ0) is 27.1. The number of nitrogens with zero attached hydrogens (tertiary/aromatic N) is 2. The smallest absolute Gasteiger partial charge is 0.308 e. The number of amides is 1. The Morgan fingerprint density at radius 3 is 2.61 bits per heavy atom. The van der Waals surface area contributed by atoms with E-state index in [0.717, 1.165) is 24.0 Å². The number of benzene rings is 2. The van der Waals surface area contributed by atoms with Gasteiger partial charge in [-0.05, 0) is 48.6 Å². The predicted octanol–water partition coefficient (Wildman–Crippen LogP) is 3.15. The molecule has 4 rings (SSSR count). The van der Waals surface area contributed by atoms with Gasteiger partial charge in [-0.15, -0.1) is 0 Å². The molecule has 0 aliphatic carbocycles. The minimum atomic E-state index is -0.898. The van der Waals surface area contributed by atoms with E-state index in [9.17, 15) is 19.8 Å². The van der Waals surface area contributed by atoms with Gasteiger partial charge in [0.1, 0.15) is 5.75 Å². The Morgan fingerprint density at radius 2 is 1.87 bits per heavy atom. The van der Waals surface area contributed by atoms with E-state index in [0.29, 0.717) is 49.7 Å². The first-order chi connectivity index (χ1) is 18.5. The molecule has 38 heavy (non-hydrogen) atoms. The highest BCUT2D eigenvalue weighted by atomic mass is 16.7. The number of hydrogen-bond donors (Lipinski definition) is 2. The zero-order valence-corrected chi connectivity index (χ0v) is 22.2. The predicted molar refractivity (Wildman–Crippen MR) is 142 cm³/mol. The number of ether oxygens (including phenoxy) is 3. The zero-order valence-electron chi connectivity index (χ0n) is 22.2. The van der Waals surface area contributed by atoms with Gasteiger partial charge in [-0.25, -0.2) is 0 Å². The maximum absolute atomic E-state index is 13.5. The van der Waals surface area contributed by atoms with Crippen LogP contribution in [-0.4, -0.2) is 84.6 Å². The molecular formula is C29H38N2O7. The van der Waals surface area contributed by atoms with Crippen LogP contribution in [0.4, 0.5) is 0 Å². The van der Waals surface area contributed by atoms with Gasteiger partial charge in [0.25, 0.3) is 0 Å². The SMILES string of the molecule is CCCCN(CCCO)C(=O)CN1C[C@H](c2ccc3c(c2)OCO3)C(C(=O)O)[C@@H]1Cc1ccccc1OC. The van der Waals surface area contributed by atoms with Crippen molar-refractivity contribution in [2.75, 3.05) is 46.7 Å². The van der Waals surface area contributed by atoms with Crippen molar-refractivity contribution in [3.63, 3.8) is 0 Å². The van der Waals surface area contributed by atoms with Crippen molar-refractivity contribution < 1.29 is 34.0 Å². The molecule has 2 aliphatic heterocycles. The number of fused-ring (bicyclic) bond motifs is 1. The number of aliphatic hydroxyl groups is 1. The van der Waals surface area contributed by atoms with E-state index in [1.165, 1.54) is 0 Å². The Balaban J connectivity index is 1.66. The molecule has 206 valence electrons. The molecule has 2 aliphatic rings. The van der Waals surface area contributed by atoms with Crippen LogP contribution in [0.1, 0.15) is 43.2 Å². The van der Waals surface area contributed by atoms with Crippen LogP contribution in [0, 0.1) is 5.92 Å². The van der Waals surface area contributed by atoms with Crippen molar-refractivity contribution in [2.45, 2.75) is 44.6 Å². The fourth-order valence-corrected chi connectivity index (χ4v) is 5.57. The summed E-state index contributed by atoms with van der Waals surface area (Å²) in [5.74, 6) is -0.0745. The minimum Gasteiger partial charge on any atom is -0.496 e. The van der Waals surface area contributed by atoms with Gasteiger partial charge >= 0.3 is 5.97 Å². The molecule has 0 radical (unpaired) electrons. The van der Waals surface area contributed by atoms with Crippen LogP contribution in [0.3, 0.4) is 0 Å². The molecule has 1 saturated heterocycles. The normalized spacial score (nSPS) is 20.4. The molecule has 1 fully saturated rings. The third-order valence-corrected chi connectivity index (χ3v) is 7.54. The maximum Gasteiger partial charge on any atom is 0.308 e. The summed E-state index contributed by atoms with van der Waals surface area (Å²) in [6.07, 6.45) is 2.77. The molecule has 9 nitrogen and oxygen atoms in total. The summed E-state index contributed by atoms with van der Waals surface area (Å²) in [6, 6.07) is 12.8. The summed E-state index contributed by atoms with van der Waals surface area (Å²) in [6.45, 7) is 3.87. The Hall–Kier alpha value is -3.30. The van der Waals surface area contributed by atoms with Gasteiger partial charge in [-0.2, -0.15) is 0 Å². The summed E-state index contributed by atoms with van der Waals surface area (Å²) in [5.41, 5.74) is 1.75. The molecule has 1 unspecified atom stereocenters. The highest BCUT2D eigenvalue weighted by Crippen LogP contribution is 2.43. The lowest BCUT2D eigenvalue weighted by Crippen LogP contribution is -2.45. The van der Waals surface area contributed by atoms with E-state index >= 15 is 0 Å². The molecule has 2 N–H and O–H groups in total. The number of carboxylic acids is 1. The van der Waals surface area contributed by atoms with Gasteiger partial charge in [0.2, 0.25) is 12.7 Å². The number of rotatable bonds is 13. The van der Waals surface area contributed by atoms with Crippen LogP contribution in [-0.2, 0) is 16.0 Å². The molecule has 0 spiro atoms. The van der Waals surface area contributed by atoms with Gasteiger partial charge in [0.15, 0.2) is 11.5 Å². The Bertz CT molecular complexity index is 1100. The van der Waals surface area contributed by atoms with Crippen molar-refractivity contribution in [3.8, 4) is 17.2 Å². The lowest BCUT2D eigenvalue weighted by atomic mass is 9.83. The Kier molecular flexibility index (Phi) is 9.47. The quantitative estimate of drug-likeness (QED) is 0.410. The monoisotopic (exact) mass is 526 g/mol. The van der Waals surface area contributed by atoms with Crippen molar-refractivity contribution in [1.29, 1.82) is 0 Å². The summed E-state index contributed by atoms with van der Waals surface area (Å²) in [4.78, 5) is 30.1. The molecule has 0 aromatic heterocycles. The standard InChI is InChI=1S/C29H38N2O7/c1-3-4-12-30(13-7-14-32)27(33)18-31-17-22(20-10-11-25-26(16-20)38-19-37-25)28(29(34)35)23(31)15-21-8-5-6-9-24(21)36-2/h5-6,8-11,16,22-23,28,32H,3-4,7,12-15,17-19H2,1-2H3,(H,34,35)/t22-,23+,28?/m1/s1. The highest BCUT2D eigenvalue weighted by molar-refractivity contribution is 5.79. The second-order valence-electron chi connectivity index (χ2n) is 9.91. The van der Waals surface area contributed by atoms with Gasteiger partial charge in [-0.1, -0.05) is 37.6 Å². The number of carbonyl (C=O) groups excluding carboxylic acids is 1. The topological polar surface area (TPSA) is 109 Å². The number of likely N-dealkylation sites (tertiary alicyclic amines) is 1. The summed E-state index contributed by atoms with van der Waals surface area (Å²) in [5, 5.41) is 19.8. The van der Waals surface area contributed by atoms with Crippen LogP contribution in [0.25, 0.3) is 0 Å². The third-order valence-electron chi connectivity index (χ3n) is 7.54. The molecule has 3 atom stereocenters. The molecule has 2 aromatic carbocycles. The summed E-state index contributed by atoms with van der Waals surface area (Å²) in [7, 11) is 1.60. The van der Waals surface area contributed by atoms with Gasteiger partial charge in [0, 0.05) is 38.2 Å². The number of carbonyl (C=O) groups is 2. The average molecular weight is 527 g/mol. The number of carboxylic acid groups (broad SMARTS) is 1. The first kappa shape index (κ1) is 27.7. The lowest BCUT2D eigenvalue weighted by Gasteiger charge is -2.30. The van der Waals surface area contributed by atoms with Crippen molar-refractivity contribution in [3.05, 3.63) is 53.6 Å². The number of hydrogen-bond acceptors (Lipinski definition) is 7. The van der Waals surface area contributed by atoms with Crippen LogP contribution < -0.4 is 14.2 Å². The number of para-hydroxylation sites is 1. The van der Waals surface area contributed by atoms with Crippen molar-refractivity contribution >= 4 is 11.9 Å². The van der Waals surface area contributed by atoms with Gasteiger partial charge < -0.3 is 29.3 Å². The number of methoxy groups -OCH3 is 1. The van der Waals surface area contributed by atoms with E-state index in [2.05, 4.69) is 6.92 Å². The number of aliphatic hydroxyl groups excluding tert-OH is 1. The fourth-order valence-electron chi connectivity index (χ4n) is 5.57. The van der Waals surface area contributed by atoms with E-state index in [1.807, 2.05) is 47.4 Å². The number of unbranched alkanes of at least 4 members (excludes halogenated alkanes) is 1. The molecular weight excluding hydrogens is 488 g/mol.